The van der Waals surface area contributed by atoms with Crippen LogP contribution in [0.3, 0.4) is 0 Å². The molecule has 7 nitrogen and oxygen atoms in total. The van der Waals surface area contributed by atoms with Crippen LogP contribution in [0.25, 0.3) is 6.08 Å². The summed E-state index contributed by atoms with van der Waals surface area (Å²) in [4.78, 5) is 12.4. The second kappa shape index (κ2) is 10.7. The number of carbonyl (C=O) groups is 1. The van der Waals surface area contributed by atoms with Crippen LogP contribution >= 0.6 is 23.2 Å². The second-order valence-electron chi connectivity index (χ2n) is 7.16. The smallest absolute Gasteiger partial charge is 0.246 e. The maximum atomic E-state index is 13.1. The molecule has 2 aromatic rings. The number of rotatable bonds is 7. The molecule has 0 aromatic heterocycles. The van der Waals surface area contributed by atoms with Gasteiger partial charge in [0.1, 0.15) is 10.6 Å². The molecule has 1 aliphatic rings. The van der Waals surface area contributed by atoms with Gasteiger partial charge in [0.05, 0.1) is 36.4 Å². The molecule has 0 bridgehead atoms. The van der Waals surface area contributed by atoms with E-state index >= 15 is 0 Å². The summed E-state index contributed by atoms with van der Waals surface area (Å²) in [7, 11) is -2.34. The Hall–Kier alpha value is -2.10. The number of ether oxygens (including phenoxy) is 2. The van der Waals surface area contributed by atoms with E-state index in [0.29, 0.717) is 28.8 Å². The normalized spacial score (nSPS) is 16.1. The molecule has 172 valence electrons. The SMILES string of the molecule is COc1ccc(/C=C/C(=O)NC(C)c2ccc(Cl)c(Cl)c2)cc1S(=O)(=O)N1CCOCC1. The largest absolute Gasteiger partial charge is 0.495 e. The van der Waals surface area contributed by atoms with Crippen molar-refractivity contribution in [2.45, 2.75) is 17.9 Å². The van der Waals surface area contributed by atoms with E-state index in [1.165, 1.54) is 23.6 Å². The van der Waals surface area contributed by atoms with Gasteiger partial charge in [0, 0.05) is 19.2 Å². The van der Waals surface area contributed by atoms with Crippen LogP contribution in [-0.2, 0) is 19.6 Å². The van der Waals surface area contributed by atoms with Crippen LogP contribution < -0.4 is 10.1 Å². The Kier molecular flexibility index (Phi) is 8.19. The minimum atomic E-state index is -3.76. The molecule has 2 aromatic carbocycles. The zero-order chi connectivity index (χ0) is 23.3. The molecule has 32 heavy (non-hydrogen) atoms. The summed E-state index contributed by atoms with van der Waals surface area (Å²) in [5, 5.41) is 3.69. The van der Waals surface area contributed by atoms with Gasteiger partial charge in [-0.05, 0) is 48.4 Å². The molecule has 1 fully saturated rings. The molecule has 1 unspecified atom stereocenters. The van der Waals surface area contributed by atoms with Crippen LogP contribution in [0.15, 0.2) is 47.4 Å². The topological polar surface area (TPSA) is 84.9 Å². The highest BCUT2D eigenvalue weighted by Crippen LogP contribution is 2.29. The minimum Gasteiger partial charge on any atom is -0.495 e. The number of halogens is 2. The molecular weight excluding hydrogens is 475 g/mol. The lowest BCUT2D eigenvalue weighted by Crippen LogP contribution is -2.40. The minimum absolute atomic E-state index is 0.0497. The first-order valence-corrected chi connectivity index (χ1v) is 12.1. The van der Waals surface area contributed by atoms with Crippen LogP contribution in [-0.4, -0.2) is 52.0 Å². The second-order valence-corrected chi connectivity index (χ2v) is 9.88. The standard InChI is InChI=1S/C22H24Cl2N2O5S/c1-15(17-5-6-18(23)19(24)14-17)25-22(27)8-4-16-3-7-20(30-2)21(13-16)32(28,29)26-9-11-31-12-10-26/h3-8,13-15H,9-12H2,1-2H3,(H,25,27)/b8-4+. The number of nitrogens with one attached hydrogen (secondary N) is 1. The molecule has 0 spiro atoms. The monoisotopic (exact) mass is 498 g/mol. The fourth-order valence-corrected chi connectivity index (χ4v) is 5.13. The number of benzene rings is 2. The zero-order valence-electron chi connectivity index (χ0n) is 17.7. The van der Waals surface area contributed by atoms with Gasteiger partial charge in [-0.3, -0.25) is 4.79 Å². The summed E-state index contributed by atoms with van der Waals surface area (Å²) in [6.45, 7) is 3.07. The quantitative estimate of drug-likeness (QED) is 0.584. The van der Waals surface area contributed by atoms with Crippen molar-refractivity contribution in [2.75, 3.05) is 33.4 Å². The zero-order valence-corrected chi connectivity index (χ0v) is 20.0. The third-order valence-electron chi connectivity index (χ3n) is 5.01. The molecule has 0 saturated carbocycles. The number of amides is 1. The molecular formula is C22H24Cl2N2O5S. The summed E-state index contributed by atoms with van der Waals surface area (Å²) >= 11 is 12.0. The molecule has 1 heterocycles. The van der Waals surface area contributed by atoms with Crippen LogP contribution in [0.1, 0.15) is 24.1 Å². The molecule has 1 saturated heterocycles. The highest BCUT2D eigenvalue weighted by Gasteiger charge is 2.29. The van der Waals surface area contributed by atoms with Crippen LogP contribution in [0.2, 0.25) is 10.0 Å². The number of hydrogen-bond acceptors (Lipinski definition) is 5. The Balaban J connectivity index is 1.75. The van der Waals surface area contributed by atoms with E-state index in [1.807, 2.05) is 6.92 Å². The number of methoxy groups -OCH3 is 1. The number of sulfonamides is 1. The van der Waals surface area contributed by atoms with Crippen LogP contribution in [0, 0.1) is 0 Å². The first-order valence-electron chi connectivity index (χ1n) is 9.92. The third kappa shape index (κ3) is 5.82. The lowest BCUT2D eigenvalue weighted by Gasteiger charge is -2.26. The maximum Gasteiger partial charge on any atom is 0.246 e. The summed E-state index contributed by atoms with van der Waals surface area (Å²) in [6.07, 6.45) is 2.90. The molecule has 3 rings (SSSR count). The van der Waals surface area contributed by atoms with E-state index in [9.17, 15) is 13.2 Å². The van der Waals surface area contributed by atoms with E-state index in [0.717, 1.165) is 5.56 Å². The Morgan fingerprint density at radius 3 is 2.53 bits per heavy atom. The highest BCUT2D eigenvalue weighted by atomic mass is 35.5. The van der Waals surface area contributed by atoms with E-state index in [1.54, 1.807) is 36.4 Å². The van der Waals surface area contributed by atoms with Gasteiger partial charge in [-0.15, -0.1) is 0 Å². The number of nitrogens with zero attached hydrogens (tertiary/aromatic N) is 1. The van der Waals surface area contributed by atoms with E-state index in [2.05, 4.69) is 5.32 Å². The van der Waals surface area contributed by atoms with E-state index in [-0.39, 0.29) is 35.7 Å². The summed E-state index contributed by atoms with van der Waals surface area (Å²) in [6, 6.07) is 9.61. The van der Waals surface area contributed by atoms with Crippen molar-refractivity contribution >= 4 is 45.2 Å². The van der Waals surface area contributed by atoms with Gasteiger partial charge >= 0.3 is 0 Å². The van der Waals surface area contributed by atoms with Crippen molar-refractivity contribution in [3.63, 3.8) is 0 Å². The molecule has 1 aliphatic heterocycles. The summed E-state index contributed by atoms with van der Waals surface area (Å²) < 4.78 is 38.0. The van der Waals surface area contributed by atoms with Gasteiger partial charge in [-0.25, -0.2) is 8.42 Å². The number of hydrogen-bond donors (Lipinski definition) is 1. The van der Waals surface area contributed by atoms with Gasteiger partial charge in [-0.1, -0.05) is 35.3 Å². The number of carbonyl (C=O) groups excluding carboxylic acids is 1. The summed E-state index contributed by atoms with van der Waals surface area (Å²) in [5.74, 6) is -0.0942. The highest BCUT2D eigenvalue weighted by molar-refractivity contribution is 7.89. The van der Waals surface area contributed by atoms with E-state index < -0.39 is 10.0 Å². The molecule has 0 radical (unpaired) electrons. The van der Waals surface area contributed by atoms with Gasteiger partial charge in [0.25, 0.3) is 0 Å². The molecule has 1 N–H and O–H groups in total. The molecule has 1 amide bonds. The third-order valence-corrected chi connectivity index (χ3v) is 7.66. The van der Waals surface area contributed by atoms with Gasteiger partial charge < -0.3 is 14.8 Å². The molecule has 0 aliphatic carbocycles. The first-order chi connectivity index (χ1) is 15.2. The lowest BCUT2D eigenvalue weighted by atomic mass is 10.1. The Morgan fingerprint density at radius 1 is 1.16 bits per heavy atom. The van der Waals surface area contributed by atoms with Crippen molar-refractivity contribution in [3.05, 3.63) is 63.6 Å². The fourth-order valence-electron chi connectivity index (χ4n) is 3.22. The van der Waals surface area contributed by atoms with Gasteiger partial charge in [-0.2, -0.15) is 4.31 Å². The van der Waals surface area contributed by atoms with Crippen molar-refractivity contribution in [3.8, 4) is 5.75 Å². The predicted octanol–water partition coefficient (Wildman–Crippen LogP) is 3.91. The van der Waals surface area contributed by atoms with Crippen molar-refractivity contribution in [1.29, 1.82) is 0 Å². The first kappa shape index (κ1) is 24.5. The average Bonchev–Trinajstić information content (AvgIpc) is 2.79. The summed E-state index contributed by atoms with van der Waals surface area (Å²) in [5.41, 5.74) is 1.36. The number of morpholine rings is 1. The van der Waals surface area contributed by atoms with Crippen molar-refractivity contribution < 1.29 is 22.7 Å². The lowest BCUT2D eigenvalue weighted by molar-refractivity contribution is -0.117. The Labute approximate surface area is 198 Å². The Bertz CT molecular complexity index is 1120. The maximum absolute atomic E-state index is 13.1. The molecule has 10 heteroatoms. The fraction of sp³-hybridized carbons (Fsp3) is 0.318. The van der Waals surface area contributed by atoms with Gasteiger partial charge in [0.2, 0.25) is 15.9 Å². The van der Waals surface area contributed by atoms with Gasteiger partial charge in [0.15, 0.2) is 0 Å². The Morgan fingerprint density at radius 2 is 1.88 bits per heavy atom. The molecule has 1 atom stereocenters. The predicted molar refractivity (Wildman–Crippen MR) is 125 cm³/mol. The van der Waals surface area contributed by atoms with E-state index in [4.69, 9.17) is 32.7 Å². The van der Waals surface area contributed by atoms with Crippen molar-refractivity contribution in [2.24, 2.45) is 0 Å². The van der Waals surface area contributed by atoms with Crippen LogP contribution in [0.5, 0.6) is 5.75 Å². The average molecular weight is 499 g/mol. The van der Waals surface area contributed by atoms with Crippen molar-refractivity contribution in [1.82, 2.24) is 9.62 Å². The van der Waals surface area contributed by atoms with Crippen LogP contribution in [0.4, 0.5) is 0 Å².